The highest BCUT2D eigenvalue weighted by atomic mass is 16.5. The quantitative estimate of drug-likeness (QED) is 0.755. The van der Waals surface area contributed by atoms with Crippen molar-refractivity contribution in [3.63, 3.8) is 0 Å². The number of rotatable bonds is 8. The SMILES string of the molecule is CCC(CC)c1cc(C(=O)N2CCO[C@@H](CN(C)CC(=O)O)C2)on1. The molecule has 0 aromatic carbocycles. The number of likely N-dealkylation sites (N-methyl/N-ethyl adjacent to an activating group) is 1. The summed E-state index contributed by atoms with van der Waals surface area (Å²) in [5.41, 5.74) is 0.819. The van der Waals surface area contributed by atoms with E-state index in [9.17, 15) is 9.59 Å². The summed E-state index contributed by atoms with van der Waals surface area (Å²) in [6.07, 6.45) is 1.68. The van der Waals surface area contributed by atoms with Crippen LogP contribution in [0.15, 0.2) is 10.6 Å². The predicted molar refractivity (Wildman–Crippen MR) is 90.6 cm³/mol. The van der Waals surface area contributed by atoms with Gasteiger partial charge in [0.05, 0.1) is 24.9 Å². The van der Waals surface area contributed by atoms with Crippen LogP contribution in [0.25, 0.3) is 0 Å². The van der Waals surface area contributed by atoms with Gasteiger partial charge in [-0.1, -0.05) is 19.0 Å². The van der Waals surface area contributed by atoms with E-state index in [4.69, 9.17) is 14.4 Å². The Balaban J connectivity index is 1.96. The number of carbonyl (C=O) groups is 2. The highest BCUT2D eigenvalue weighted by molar-refractivity contribution is 5.91. The molecule has 0 bridgehead atoms. The number of carbonyl (C=O) groups excluding carboxylic acids is 1. The Morgan fingerprint density at radius 3 is 2.80 bits per heavy atom. The van der Waals surface area contributed by atoms with Gasteiger partial charge in [-0.3, -0.25) is 14.5 Å². The Bertz CT molecular complexity index is 585. The van der Waals surface area contributed by atoms with Crippen LogP contribution in [-0.2, 0) is 9.53 Å². The zero-order valence-corrected chi connectivity index (χ0v) is 15.1. The van der Waals surface area contributed by atoms with Crippen LogP contribution in [0.4, 0.5) is 0 Å². The van der Waals surface area contributed by atoms with E-state index in [1.807, 2.05) is 0 Å². The first kappa shape index (κ1) is 19.4. The molecule has 8 nitrogen and oxygen atoms in total. The lowest BCUT2D eigenvalue weighted by Crippen LogP contribution is -2.49. The number of ether oxygens (including phenoxy) is 1. The minimum absolute atomic E-state index is 0.0608. The number of morpholine rings is 1. The topological polar surface area (TPSA) is 96.1 Å². The van der Waals surface area contributed by atoms with Crippen molar-refractivity contribution in [3.05, 3.63) is 17.5 Å². The van der Waals surface area contributed by atoms with E-state index in [1.54, 1.807) is 22.9 Å². The van der Waals surface area contributed by atoms with Crippen molar-refractivity contribution in [2.24, 2.45) is 0 Å². The first-order valence-electron chi connectivity index (χ1n) is 8.72. The predicted octanol–water partition coefficient (Wildman–Crippen LogP) is 1.44. The van der Waals surface area contributed by atoms with Gasteiger partial charge in [-0.05, 0) is 19.9 Å². The summed E-state index contributed by atoms with van der Waals surface area (Å²) in [5.74, 6) is -0.533. The molecule has 1 aliphatic heterocycles. The fourth-order valence-electron chi connectivity index (χ4n) is 3.10. The molecule has 0 spiro atoms. The number of nitrogens with zero attached hydrogens (tertiary/aromatic N) is 3. The van der Waals surface area contributed by atoms with E-state index in [0.717, 1.165) is 18.5 Å². The van der Waals surface area contributed by atoms with E-state index in [-0.39, 0.29) is 24.3 Å². The van der Waals surface area contributed by atoms with Gasteiger partial charge in [0.2, 0.25) is 5.76 Å². The van der Waals surface area contributed by atoms with Crippen LogP contribution < -0.4 is 0 Å². The second-order valence-corrected chi connectivity index (χ2v) is 6.46. The molecule has 1 fully saturated rings. The molecule has 140 valence electrons. The van der Waals surface area contributed by atoms with Gasteiger partial charge in [0.15, 0.2) is 0 Å². The van der Waals surface area contributed by atoms with Crippen LogP contribution in [0.3, 0.4) is 0 Å². The molecule has 1 amide bonds. The minimum Gasteiger partial charge on any atom is -0.480 e. The second kappa shape index (κ2) is 8.96. The van der Waals surface area contributed by atoms with Crippen molar-refractivity contribution in [1.82, 2.24) is 15.0 Å². The lowest BCUT2D eigenvalue weighted by molar-refractivity contribution is -0.138. The van der Waals surface area contributed by atoms with Crippen LogP contribution in [0.5, 0.6) is 0 Å². The number of hydrogen-bond acceptors (Lipinski definition) is 6. The minimum atomic E-state index is -0.887. The van der Waals surface area contributed by atoms with Crippen LogP contribution >= 0.6 is 0 Å². The van der Waals surface area contributed by atoms with Crippen LogP contribution in [0.1, 0.15) is 48.9 Å². The number of carboxylic acids is 1. The highest BCUT2D eigenvalue weighted by Crippen LogP contribution is 2.23. The van der Waals surface area contributed by atoms with Gasteiger partial charge in [-0.25, -0.2) is 0 Å². The number of carboxylic acid groups (broad SMARTS) is 1. The molecular formula is C17H27N3O5. The Morgan fingerprint density at radius 2 is 2.16 bits per heavy atom. The van der Waals surface area contributed by atoms with Crippen molar-refractivity contribution in [2.45, 2.75) is 38.7 Å². The molecule has 0 saturated carbocycles. The summed E-state index contributed by atoms with van der Waals surface area (Å²) in [7, 11) is 1.72. The lowest BCUT2D eigenvalue weighted by atomic mass is 9.99. The zero-order valence-electron chi connectivity index (χ0n) is 15.1. The molecular weight excluding hydrogens is 326 g/mol. The molecule has 0 radical (unpaired) electrons. The number of aliphatic carboxylic acids is 1. The maximum Gasteiger partial charge on any atom is 0.317 e. The van der Waals surface area contributed by atoms with Gasteiger partial charge in [-0.2, -0.15) is 0 Å². The smallest absolute Gasteiger partial charge is 0.317 e. The van der Waals surface area contributed by atoms with Crippen molar-refractivity contribution in [3.8, 4) is 0 Å². The third-order valence-corrected chi connectivity index (χ3v) is 4.49. The fraction of sp³-hybridized carbons (Fsp3) is 0.706. The zero-order chi connectivity index (χ0) is 18.4. The summed E-state index contributed by atoms with van der Waals surface area (Å²) in [5, 5.41) is 12.9. The Morgan fingerprint density at radius 1 is 1.44 bits per heavy atom. The van der Waals surface area contributed by atoms with Gasteiger partial charge in [0.25, 0.3) is 5.91 Å². The van der Waals surface area contributed by atoms with Crippen molar-refractivity contribution >= 4 is 11.9 Å². The second-order valence-electron chi connectivity index (χ2n) is 6.46. The van der Waals surface area contributed by atoms with E-state index in [0.29, 0.717) is 32.2 Å². The maximum absolute atomic E-state index is 12.7. The normalized spacial score (nSPS) is 18.1. The first-order valence-corrected chi connectivity index (χ1v) is 8.72. The summed E-state index contributed by atoms with van der Waals surface area (Å²) >= 11 is 0. The summed E-state index contributed by atoms with van der Waals surface area (Å²) in [6, 6.07) is 1.74. The molecule has 1 atom stereocenters. The third kappa shape index (κ3) is 5.27. The molecule has 1 saturated heterocycles. The van der Waals surface area contributed by atoms with E-state index < -0.39 is 5.97 Å². The number of aromatic nitrogens is 1. The van der Waals surface area contributed by atoms with Crippen molar-refractivity contribution < 1.29 is 24.0 Å². The monoisotopic (exact) mass is 353 g/mol. The van der Waals surface area contributed by atoms with E-state index in [2.05, 4.69) is 19.0 Å². The lowest BCUT2D eigenvalue weighted by Gasteiger charge is -2.34. The molecule has 8 heteroatoms. The molecule has 1 aromatic heterocycles. The fourth-order valence-corrected chi connectivity index (χ4v) is 3.10. The summed E-state index contributed by atoms with van der Waals surface area (Å²) in [4.78, 5) is 26.7. The van der Waals surface area contributed by atoms with Gasteiger partial charge in [0.1, 0.15) is 0 Å². The molecule has 2 rings (SSSR count). The average molecular weight is 353 g/mol. The average Bonchev–Trinajstić information content (AvgIpc) is 3.04. The standard InChI is InChI=1S/C17H27N3O5/c1-4-12(5-2)14-8-15(25-18-14)17(23)20-6-7-24-13(10-20)9-19(3)11-16(21)22/h8,12-13H,4-7,9-11H2,1-3H3,(H,21,22)/t13-/m0/s1. The largest absolute Gasteiger partial charge is 0.480 e. The third-order valence-electron chi connectivity index (χ3n) is 4.49. The first-order chi connectivity index (χ1) is 11.9. The van der Waals surface area contributed by atoms with Gasteiger partial charge >= 0.3 is 5.97 Å². The van der Waals surface area contributed by atoms with E-state index in [1.165, 1.54) is 0 Å². The molecule has 25 heavy (non-hydrogen) atoms. The molecule has 2 heterocycles. The molecule has 1 aromatic rings. The number of amides is 1. The van der Waals surface area contributed by atoms with Crippen molar-refractivity contribution in [2.75, 3.05) is 39.8 Å². The van der Waals surface area contributed by atoms with Crippen LogP contribution in [0.2, 0.25) is 0 Å². The van der Waals surface area contributed by atoms with Crippen LogP contribution in [-0.4, -0.2) is 77.9 Å². The Labute approximate surface area is 147 Å². The van der Waals surface area contributed by atoms with Gasteiger partial charge in [0, 0.05) is 31.6 Å². The van der Waals surface area contributed by atoms with Crippen molar-refractivity contribution in [1.29, 1.82) is 0 Å². The Kier molecular flexibility index (Phi) is 6.95. The Hall–Kier alpha value is -1.93. The molecule has 0 aliphatic carbocycles. The summed E-state index contributed by atoms with van der Waals surface area (Å²) < 4.78 is 10.9. The van der Waals surface area contributed by atoms with Gasteiger partial charge < -0.3 is 19.3 Å². The van der Waals surface area contributed by atoms with E-state index >= 15 is 0 Å². The molecule has 0 unspecified atom stereocenters. The van der Waals surface area contributed by atoms with Gasteiger partial charge in [-0.15, -0.1) is 0 Å². The maximum atomic E-state index is 12.7. The molecule has 1 N–H and O–H groups in total. The highest BCUT2D eigenvalue weighted by Gasteiger charge is 2.28. The molecule has 1 aliphatic rings. The summed E-state index contributed by atoms with van der Waals surface area (Å²) in [6.45, 7) is 5.88. The number of hydrogen-bond donors (Lipinski definition) is 1. The van der Waals surface area contributed by atoms with Crippen LogP contribution in [0, 0.1) is 0 Å².